The summed E-state index contributed by atoms with van der Waals surface area (Å²) in [4.78, 5) is 29.4. The van der Waals surface area contributed by atoms with Gasteiger partial charge in [0.15, 0.2) is 0 Å². The number of allylic oxidation sites excluding steroid dienone is 2. The average molecular weight is 417 g/mol. The van der Waals surface area contributed by atoms with Crippen LogP contribution in [-0.2, 0) is 9.53 Å². The van der Waals surface area contributed by atoms with Crippen LogP contribution in [0, 0.1) is 11.8 Å². The van der Waals surface area contributed by atoms with Gasteiger partial charge in [-0.1, -0.05) is 6.08 Å². The summed E-state index contributed by atoms with van der Waals surface area (Å²) < 4.78 is 11.3. The van der Waals surface area contributed by atoms with E-state index in [0.29, 0.717) is 44.3 Å². The summed E-state index contributed by atoms with van der Waals surface area (Å²) in [7, 11) is 0. The minimum atomic E-state index is -0.718. The van der Waals surface area contributed by atoms with E-state index in [1.165, 1.54) is 0 Å². The Labute approximate surface area is 178 Å². The molecule has 1 aliphatic carbocycles. The molecule has 1 N–H and O–H groups in total. The van der Waals surface area contributed by atoms with Gasteiger partial charge in [-0.3, -0.25) is 4.79 Å². The maximum absolute atomic E-state index is 12.1. The molecule has 164 valence electrons. The van der Waals surface area contributed by atoms with E-state index >= 15 is 0 Å². The quantitative estimate of drug-likeness (QED) is 0.766. The van der Waals surface area contributed by atoms with Gasteiger partial charge in [0.25, 0.3) is 0 Å². The highest BCUT2D eigenvalue weighted by molar-refractivity contribution is 5.74. The fourth-order valence-corrected chi connectivity index (χ4v) is 3.79. The van der Waals surface area contributed by atoms with Crippen LogP contribution in [0.3, 0.4) is 0 Å². The zero-order chi connectivity index (χ0) is 21.7. The third-order valence-corrected chi connectivity index (χ3v) is 5.60. The van der Waals surface area contributed by atoms with Crippen LogP contribution in [0.15, 0.2) is 24.4 Å². The minimum absolute atomic E-state index is 0.245. The molecular weight excluding hydrogens is 384 g/mol. The molecule has 1 fully saturated rings. The van der Waals surface area contributed by atoms with E-state index in [1.54, 1.807) is 11.1 Å². The lowest BCUT2D eigenvalue weighted by Gasteiger charge is -2.33. The summed E-state index contributed by atoms with van der Waals surface area (Å²) in [6, 6.07) is 3.86. The predicted octanol–water partition coefficient (Wildman–Crippen LogP) is 4.38. The molecule has 2 heterocycles. The van der Waals surface area contributed by atoms with Gasteiger partial charge in [-0.05, 0) is 76.0 Å². The second kappa shape index (κ2) is 9.49. The summed E-state index contributed by atoms with van der Waals surface area (Å²) in [5.41, 5.74) is 1.71. The van der Waals surface area contributed by atoms with Crippen LogP contribution in [0.25, 0.3) is 5.57 Å². The Kier molecular flexibility index (Phi) is 7.00. The van der Waals surface area contributed by atoms with E-state index in [-0.39, 0.29) is 12.0 Å². The fourth-order valence-electron chi connectivity index (χ4n) is 3.79. The molecule has 1 aromatic heterocycles. The van der Waals surface area contributed by atoms with Crippen molar-refractivity contribution in [2.45, 2.75) is 58.5 Å². The van der Waals surface area contributed by atoms with Crippen LogP contribution >= 0.6 is 0 Å². The maximum atomic E-state index is 12.1. The molecule has 0 radical (unpaired) electrons. The van der Waals surface area contributed by atoms with Gasteiger partial charge in [0.05, 0.1) is 12.5 Å². The van der Waals surface area contributed by atoms with Crippen LogP contribution in [-0.4, -0.2) is 52.4 Å². The highest BCUT2D eigenvalue weighted by atomic mass is 16.6. The number of carboxylic acid groups (broad SMARTS) is 1. The van der Waals surface area contributed by atoms with Gasteiger partial charge in [0.2, 0.25) is 5.88 Å². The Morgan fingerprint density at radius 2 is 1.93 bits per heavy atom. The van der Waals surface area contributed by atoms with Crippen molar-refractivity contribution in [2.24, 2.45) is 11.8 Å². The number of carbonyl (C=O) groups is 2. The standard InChI is InChI=1S/C23H32N2O5/c1-23(2,3)30-22(28)25-12-10-16(11-13-25)15-29-20-9-8-19(14-24-20)17-4-6-18(7-5-17)21(26)27/h4,8-9,14,16,18H,5-7,10-13,15H2,1-3H3,(H,26,27). The Hall–Kier alpha value is -2.57. The first-order valence-electron chi connectivity index (χ1n) is 10.7. The molecule has 7 nitrogen and oxygen atoms in total. The highest BCUT2D eigenvalue weighted by Gasteiger charge is 2.27. The molecular formula is C23H32N2O5. The molecule has 30 heavy (non-hydrogen) atoms. The van der Waals surface area contributed by atoms with E-state index in [9.17, 15) is 9.59 Å². The van der Waals surface area contributed by atoms with Crippen molar-refractivity contribution < 1.29 is 24.2 Å². The van der Waals surface area contributed by atoms with Crippen LogP contribution in [0.5, 0.6) is 5.88 Å². The van der Waals surface area contributed by atoms with Crippen molar-refractivity contribution >= 4 is 17.6 Å². The Balaban J connectivity index is 1.43. The minimum Gasteiger partial charge on any atom is -0.481 e. The topological polar surface area (TPSA) is 89.0 Å². The number of nitrogens with zero attached hydrogens (tertiary/aromatic N) is 2. The number of aromatic nitrogens is 1. The van der Waals surface area contributed by atoms with Gasteiger partial charge < -0.3 is 19.5 Å². The molecule has 0 spiro atoms. The highest BCUT2D eigenvalue weighted by Crippen LogP contribution is 2.30. The molecule has 0 bridgehead atoms. The van der Waals surface area contributed by atoms with Gasteiger partial charge >= 0.3 is 12.1 Å². The first kappa shape index (κ1) is 22.1. The van der Waals surface area contributed by atoms with Crippen molar-refractivity contribution in [1.82, 2.24) is 9.88 Å². The fraction of sp³-hybridized carbons (Fsp3) is 0.609. The largest absolute Gasteiger partial charge is 0.481 e. The Bertz CT molecular complexity index is 774. The molecule has 1 saturated heterocycles. The normalized spacial score (nSPS) is 20.4. The summed E-state index contributed by atoms with van der Waals surface area (Å²) in [6.45, 7) is 7.57. The van der Waals surface area contributed by atoms with Crippen LogP contribution < -0.4 is 4.74 Å². The second-order valence-electron chi connectivity index (χ2n) is 9.15. The van der Waals surface area contributed by atoms with Crippen molar-refractivity contribution in [2.75, 3.05) is 19.7 Å². The predicted molar refractivity (Wildman–Crippen MR) is 113 cm³/mol. The zero-order valence-electron chi connectivity index (χ0n) is 18.1. The molecule has 1 aliphatic heterocycles. The molecule has 7 heteroatoms. The number of hydrogen-bond acceptors (Lipinski definition) is 5. The summed E-state index contributed by atoms with van der Waals surface area (Å²) in [5.74, 6) is -0.0116. The number of pyridine rings is 1. The van der Waals surface area contributed by atoms with Crippen molar-refractivity contribution in [3.63, 3.8) is 0 Å². The third-order valence-electron chi connectivity index (χ3n) is 5.60. The lowest BCUT2D eigenvalue weighted by Crippen LogP contribution is -2.42. The lowest BCUT2D eigenvalue weighted by molar-refractivity contribution is -0.141. The van der Waals surface area contributed by atoms with Gasteiger partial charge in [-0.15, -0.1) is 0 Å². The molecule has 3 rings (SSSR count). The molecule has 0 saturated carbocycles. The maximum Gasteiger partial charge on any atom is 0.410 e. The van der Waals surface area contributed by atoms with Gasteiger partial charge in [-0.25, -0.2) is 9.78 Å². The zero-order valence-corrected chi connectivity index (χ0v) is 18.1. The first-order valence-corrected chi connectivity index (χ1v) is 10.7. The summed E-state index contributed by atoms with van der Waals surface area (Å²) in [5, 5.41) is 9.10. The number of carbonyl (C=O) groups excluding carboxylic acids is 1. The van der Waals surface area contributed by atoms with Crippen LogP contribution in [0.2, 0.25) is 0 Å². The van der Waals surface area contributed by atoms with Crippen molar-refractivity contribution in [1.29, 1.82) is 0 Å². The number of rotatable bonds is 5. The van der Waals surface area contributed by atoms with Gasteiger partial charge in [-0.2, -0.15) is 0 Å². The molecule has 2 aliphatic rings. The number of likely N-dealkylation sites (tertiary alicyclic amines) is 1. The SMILES string of the molecule is CC(C)(C)OC(=O)N1CCC(COc2ccc(C3=CCC(C(=O)O)CC3)cn2)CC1. The van der Waals surface area contributed by atoms with E-state index in [0.717, 1.165) is 30.4 Å². The third kappa shape index (κ3) is 6.21. The Morgan fingerprint density at radius 3 is 2.47 bits per heavy atom. The molecule has 1 atom stereocenters. The van der Waals surface area contributed by atoms with Crippen LogP contribution in [0.1, 0.15) is 58.4 Å². The Morgan fingerprint density at radius 1 is 1.20 bits per heavy atom. The van der Waals surface area contributed by atoms with Crippen molar-refractivity contribution in [3.8, 4) is 5.88 Å². The summed E-state index contributed by atoms with van der Waals surface area (Å²) >= 11 is 0. The summed E-state index contributed by atoms with van der Waals surface area (Å²) in [6.07, 6.45) is 7.34. The molecule has 1 unspecified atom stereocenters. The second-order valence-corrected chi connectivity index (χ2v) is 9.15. The van der Waals surface area contributed by atoms with E-state index in [1.807, 2.05) is 39.0 Å². The number of piperidine rings is 1. The molecule has 1 aromatic rings. The number of carboxylic acids is 1. The first-order chi connectivity index (χ1) is 14.2. The molecule has 1 amide bonds. The van der Waals surface area contributed by atoms with Crippen LogP contribution in [0.4, 0.5) is 4.79 Å². The number of hydrogen-bond donors (Lipinski definition) is 1. The van der Waals surface area contributed by atoms with E-state index in [4.69, 9.17) is 14.6 Å². The van der Waals surface area contributed by atoms with E-state index in [2.05, 4.69) is 4.98 Å². The average Bonchev–Trinajstić information content (AvgIpc) is 2.72. The number of amides is 1. The lowest BCUT2D eigenvalue weighted by atomic mass is 9.87. The van der Waals surface area contributed by atoms with Crippen molar-refractivity contribution in [3.05, 3.63) is 30.0 Å². The van der Waals surface area contributed by atoms with Gasteiger partial charge in [0, 0.05) is 25.4 Å². The van der Waals surface area contributed by atoms with E-state index < -0.39 is 11.6 Å². The van der Waals surface area contributed by atoms with Gasteiger partial charge in [0.1, 0.15) is 5.60 Å². The molecule has 0 aromatic carbocycles. The number of ether oxygens (including phenoxy) is 2. The number of aliphatic carboxylic acids is 1. The monoisotopic (exact) mass is 416 g/mol. The smallest absolute Gasteiger partial charge is 0.410 e.